The largest absolute Gasteiger partial charge is 0.207 e. The fraction of sp³-hybridized carbons (Fsp3) is 0.333. The first kappa shape index (κ1) is 11.1. The molecule has 0 saturated heterocycles. The summed E-state index contributed by atoms with van der Waals surface area (Å²) in [5, 5.41) is 0. The molecule has 0 amide bonds. The smallest absolute Gasteiger partial charge is 0.126 e. The summed E-state index contributed by atoms with van der Waals surface area (Å²) in [7, 11) is 0. The predicted octanol–water partition coefficient (Wildman–Crippen LogP) is 4.28. The van der Waals surface area contributed by atoms with Crippen molar-refractivity contribution in [1.82, 2.24) is 0 Å². The lowest BCUT2D eigenvalue weighted by molar-refractivity contribution is 0.506. The molecule has 0 nitrogen and oxygen atoms in total. The van der Waals surface area contributed by atoms with Crippen molar-refractivity contribution in [3.8, 4) is 0 Å². The molecule has 1 aromatic rings. The molecular weight excluding hydrogens is 199 g/mol. The van der Waals surface area contributed by atoms with E-state index >= 15 is 0 Å². The minimum atomic E-state index is -0.0719. The Balaban J connectivity index is 1.85. The van der Waals surface area contributed by atoms with E-state index in [2.05, 4.69) is 12.7 Å². The Labute approximate surface area is 96.5 Å². The third-order valence-electron chi connectivity index (χ3n) is 3.28. The topological polar surface area (TPSA) is 0 Å². The van der Waals surface area contributed by atoms with E-state index in [1.165, 1.54) is 11.6 Å². The second-order valence-corrected chi connectivity index (χ2v) is 4.42. The molecule has 1 aliphatic rings. The molecule has 1 atom stereocenters. The van der Waals surface area contributed by atoms with Gasteiger partial charge in [0, 0.05) is 0 Å². The third-order valence-corrected chi connectivity index (χ3v) is 3.28. The summed E-state index contributed by atoms with van der Waals surface area (Å²) >= 11 is 0. The van der Waals surface area contributed by atoms with Gasteiger partial charge in [-0.05, 0) is 43.2 Å². The summed E-state index contributed by atoms with van der Waals surface area (Å²) in [6.45, 7) is 3.78. The van der Waals surface area contributed by atoms with E-state index in [0.29, 0.717) is 5.92 Å². The van der Waals surface area contributed by atoms with Gasteiger partial charge in [-0.2, -0.15) is 0 Å². The molecule has 2 rings (SSSR count). The lowest BCUT2D eigenvalue weighted by Crippen LogP contribution is -1.99. The lowest BCUT2D eigenvalue weighted by atomic mass is 9.96. The molecule has 0 spiro atoms. The molecule has 0 fully saturated rings. The van der Waals surface area contributed by atoms with Gasteiger partial charge in [-0.1, -0.05) is 42.5 Å². The van der Waals surface area contributed by atoms with Crippen LogP contribution in [-0.2, 0) is 6.42 Å². The molecule has 1 aromatic carbocycles. The van der Waals surface area contributed by atoms with Crippen molar-refractivity contribution < 1.29 is 4.39 Å². The van der Waals surface area contributed by atoms with E-state index in [-0.39, 0.29) is 5.82 Å². The summed E-state index contributed by atoms with van der Waals surface area (Å²) in [6.07, 6.45) is 8.32. The summed E-state index contributed by atoms with van der Waals surface area (Å²) in [6, 6.07) is 7.07. The van der Waals surface area contributed by atoms with Gasteiger partial charge in [0.15, 0.2) is 0 Å². The Hall–Kier alpha value is -1.37. The number of halogens is 1. The first-order valence-electron chi connectivity index (χ1n) is 5.84. The van der Waals surface area contributed by atoms with Crippen LogP contribution in [0.15, 0.2) is 48.6 Å². The van der Waals surface area contributed by atoms with Gasteiger partial charge in [-0.15, -0.1) is 0 Å². The molecule has 0 N–H and O–H groups in total. The molecule has 84 valence electrons. The maximum Gasteiger partial charge on any atom is 0.126 e. The highest BCUT2D eigenvalue weighted by atomic mass is 19.1. The molecule has 0 saturated carbocycles. The molecule has 0 aliphatic heterocycles. The first-order chi connectivity index (χ1) is 7.79. The van der Waals surface area contributed by atoms with Crippen molar-refractivity contribution in [2.75, 3.05) is 0 Å². The van der Waals surface area contributed by atoms with Gasteiger partial charge in [0.05, 0.1) is 0 Å². The van der Waals surface area contributed by atoms with Gasteiger partial charge in [0.2, 0.25) is 0 Å². The Bertz CT molecular complexity index is 404. The normalized spacial score (nSPS) is 19.6. The van der Waals surface area contributed by atoms with Crippen LogP contribution in [-0.4, -0.2) is 0 Å². The van der Waals surface area contributed by atoms with Gasteiger partial charge >= 0.3 is 0 Å². The summed E-state index contributed by atoms with van der Waals surface area (Å²) in [5.41, 5.74) is 2.19. The minimum Gasteiger partial charge on any atom is -0.207 e. The second kappa shape index (κ2) is 5.11. The molecule has 0 bridgehead atoms. The molecule has 0 aromatic heterocycles. The fourth-order valence-corrected chi connectivity index (χ4v) is 2.27. The van der Waals surface area contributed by atoms with Crippen LogP contribution in [0.4, 0.5) is 4.39 Å². The highest BCUT2D eigenvalue weighted by Crippen LogP contribution is 2.29. The van der Waals surface area contributed by atoms with E-state index in [9.17, 15) is 4.39 Å². The van der Waals surface area contributed by atoms with Crippen molar-refractivity contribution in [3.63, 3.8) is 0 Å². The van der Waals surface area contributed by atoms with Crippen LogP contribution in [0.25, 0.3) is 0 Å². The lowest BCUT2D eigenvalue weighted by Gasteiger charge is -2.09. The van der Waals surface area contributed by atoms with Crippen molar-refractivity contribution in [3.05, 3.63) is 60.0 Å². The Kier molecular flexibility index (Phi) is 3.55. The van der Waals surface area contributed by atoms with Gasteiger partial charge in [0.1, 0.15) is 5.82 Å². The van der Waals surface area contributed by atoms with Gasteiger partial charge in [0.25, 0.3) is 0 Å². The molecule has 1 heteroatoms. The zero-order valence-corrected chi connectivity index (χ0v) is 9.45. The van der Waals surface area contributed by atoms with Gasteiger partial charge in [-0.25, -0.2) is 4.39 Å². The van der Waals surface area contributed by atoms with Crippen LogP contribution in [0, 0.1) is 11.7 Å². The van der Waals surface area contributed by atoms with Crippen LogP contribution >= 0.6 is 0 Å². The van der Waals surface area contributed by atoms with Crippen LogP contribution in [0.1, 0.15) is 24.8 Å². The van der Waals surface area contributed by atoms with Crippen molar-refractivity contribution in [2.24, 2.45) is 5.92 Å². The highest BCUT2D eigenvalue weighted by molar-refractivity contribution is 5.22. The number of hydrogen-bond donors (Lipinski definition) is 0. The third kappa shape index (κ3) is 2.60. The zero-order chi connectivity index (χ0) is 11.4. The monoisotopic (exact) mass is 216 g/mol. The van der Waals surface area contributed by atoms with Crippen LogP contribution in [0.3, 0.4) is 0 Å². The van der Waals surface area contributed by atoms with Crippen molar-refractivity contribution in [1.29, 1.82) is 0 Å². The number of aryl methyl sites for hydroxylation is 1. The highest BCUT2D eigenvalue weighted by Gasteiger charge is 2.15. The predicted molar refractivity (Wildman–Crippen MR) is 65.7 cm³/mol. The van der Waals surface area contributed by atoms with Crippen LogP contribution < -0.4 is 0 Å². The van der Waals surface area contributed by atoms with E-state index in [4.69, 9.17) is 0 Å². The quantitative estimate of drug-likeness (QED) is 0.704. The molecule has 0 heterocycles. The Morgan fingerprint density at radius 2 is 2.19 bits per heavy atom. The van der Waals surface area contributed by atoms with Crippen molar-refractivity contribution >= 4 is 0 Å². The number of allylic oxidation sites excluding steroid dienone is 3. The Morgan fingerprint density at radius 3 is 2.88 bits per heavy atom. The van der Waals surface area contributed by atoms with Crippen LogP contribution in [0.5, 0.6) is 0 Å². The maximum absolute atomic E-state index is 13.4. The SMILES string of the molecule is C=CC1=CCC(CCc2ccccc2F)C1. The maximum atomic E-state index is 13.4. The van der Waals surface area contributed by atoms with Gasteiger partial charge < -0.3 is 0 Å². The average Bonchev–Trinajstić information content (AvgIpc) is 2.76. The summed E-state index contributed by atoms with van der Waals surface area (Å²) in [5.74, 6) is 0.602. The summed E-state index contributed by atoms with van der Waals surface area (Å²) in [4.78, 5) is 0. The molecular formula is C15H17F. The standard InChI is InChI=1S/C15H17F/c1-2-12-7-8-13(11-12)9-10-14-5-3-4-6-15(14)16/h2-7,13H,1,8-11H2. The second-order valence-electron chi connectivity index (χ2n) is 4.42. The molecule has 1 unspecified atom stereocenters. The molecule has 1 aliphatic carbocycles. The van der Waals surface area contributed by atoms with E-state index < -0.39 is 0 Å². The minimum absolute atomic E-state index is 0.0719. The van der Waals surface area contributed by atoms with Crippen molar-refractivity contribution in [2.45, 2.75) is 25.7 Å². The molecule has 0 radical (unpaired) electrons. The molecule has 16 heavy (non-hydrogen) atoms. The number of benzene rings is 1. The van der Waals surface area contributed by atoms with Gasteiger partial charge in [-0.3, -0.25) is 0 Å². The van der Waals surface area contributed by atoms with E-state index in [0.717, 1.165) is 31.2 Å². The van der Waals surface area contributed by atoms with E-state index in [1.54, 1.807) is 6.07 Å². The number of rotatable bonds is 4. The summed E-state index contributed by atoms with van der Waals surface area (Å²) < 4.78 is 13.4. The van der Waals surface area contributed by atoms with E-state index in [1.807, 2.05) is 18.2 Å². The number of hydrogen-bond acceptors (Lipinski definition) is 0. The average molecular weight is 216 g/mol. The Morgan fingerprint density at radius 1 is 1.38 bits per heavy atom. The first-order valence-corrected chi connectivity index (χ1v) is 5.84. The fourth-order valence-electron chi connectivity index (χ4n) is 2.27. The zero-order valence-electron chi connectivity index (χ0n) is 9.45. The van der Waals surface area contributed by atoms with Crippen LogP contribution in [0.2, 0.25) is 0 Å².